The maximum Gasteiger partial charge on any atom is 0.275 e. The Labute approximate surface area is 186 Å². The van der Waals surface area contributed by atoms with E-state index in [0.717, 1.165) is 5.56 Å². The highest BCUT2D eigenvalue weighted by Gasteiger charge is 2.20. The third-order valence-electron chi connectivity index (χ3n) is 4.33. The van der Waals surface area contributed by atoms with Crippen molar-refractivity contribution in [3.8, 4) is 0 Å². The molecule has 0 radical (unpaired) electrons. The Bertz CT molecular complexity index is 1170. The SMILES string of the molecule is Cc1cccc(S(=O)(=O)Nc2ccc(C(C)C)n(CC(=O)NC(C)ON=C(N)N)c2=O)c1. The van der Waals surface area contributed by atoms with Gasteiger partial charge < -0.3 is 26.2 Å². The van der Waals surface area contributed by atoms with Crippen LogP contribution in [0, 0.1) is 6.92 Å². The lowest BCUT2D eigenvalue weighted by molar-refractivity contribution is -0.125. The standard InChI is InChI=1S/C20H28N6O5S/c1-12(2)17-9-8-16(25-32(29,30)15-7-5-6-13(3)10-15)19(28)26(17)11-18(27)23-14(4)31-24-20(21)22/h5-10,12,14,25H,11H2,1-4H3,(H,23,27)(H4,21,22,24). The number of oxime groups is 1. The van der Waals surface area contributed by atoms with Crippen LogP contribution < -0.4 is 27.1 Å². The van der Waals surface area contributed by atoms with Gasteiger partial charge in [0, 0.05) is 5.69 Å². The molecular weight excluding hydrogens is 436 g/mol. The molecule has 0 aliphatic carbocycles. The van der Waals surface area contributed by atoms with E-state index in [2.05, 4.69) is 15.2 Å². The highest BCUT2D eigenvalue weighted by molar-refractivity contribution is 7.92. The van der Waals surface area contributed by atoms with Crippen molar-refractivity contribution in [3.63, 3.8) is 0 Å². The van der Waals surface area contributed by atoms with Crippen molar-refractivity contribution in [1.29, 1.82) is 0 Å². The maximum absolute atomic E-state index is 13.1. The summed E-state index contributed by atoms with van der Waals surface area (Å²) >= 11 is 0. The maximum atomic E-state index is 13.1. The van der Waals surface area contributed by atoms with Crippen LogP contribution in [0.3, 0.4) is 0 Å². The Morgan fingerprint density at radius 1 is 1.19 bits per heavy atom. The summed E-state index contributed by atoms with van der Waals surface area (Å²) in [6.07, 6.45) is -0.856. The molecule has 1 amide bonds. The van der Waals surface area contributed by atoms with Crippen LogP contribution in [0.15, 0.2) is 51.2 Å². The minimum atomic E-state index is -3.99. The first-order valence-electron chi connectivity index (χ1n) is 9.78. The zero-order valence-corrected chi connectivity index (χ0v) is 19.1. The molecule has 1 atom stereocenters. The number of carbonyl (C=O) groups excluding carboxylic acids is 1. The van der Waals surface area contributed by atoms with Gasteiger partial charge in [0.2, 0.25) is 11.9 Å². The molecule has 0 saturated carbocycles. The minimum absolute atomic E-state index is 0.0276. The Balaban J connectivity index is 2.33. The highest BCUT2D eigenvalue weighted by Crippen LogP contribution is 2.18. The van der Waals surface area contributed by atoms with E-state index in [1.54, 1.807) is 25.1 Å². The van der Waals surface area contributed by atoms with Gasteiger partial charge in [0.1, 0.15) is 12.2 Å². The van der Waals surface area contributed by atoms with E-state index in [-0.39, 0.29) is 29.0 Å². The fourth-order valence-corrected chi connectivity index (χ4v) is 4.07. The highest BCUT2D eigenvalue weighted by atomic mass is 32.2. The van der Waals surface area contributed by atoms with Crippen molar-refractivity contribution in [1.82, 2.24) is 9.88 Å². The van der Waals surface area contributed by atoms with Gasteiger partial charge in [0.25, 0.3) is 15.6 Å². The zero-order valence-electron chi connectivity index (χ0n) is 18.3. The van der Waals surface area contributed by atoms with E-state index >= 15 is 0 Å². The van der Waals surface area contributed by atoms with Gasteiger partial charge in [-0.25, -0.2) is 8.42 Å². The van der Waals surface area contributed by atoms with Crippen LogP contribution in [0.1, 0.15) is 37.9 Å². The molecule has 1 aromatic heterocycles. The van der Waals surface area contributed by atoms with Gasteiger partial charge in [-0.2, -0.15) is 0 Å². The van der Waals surface area contributed by atoms with E-state index in [9.17, 15) is 18.0 Å². The second-order valence-electron chi connectivity index (χ2n) is 7.47. The Hall–Kier alpha value is -3.54. The number of nitrogens with one attached hydrogen (secondary N) is 2. The van der Waals surface area contributed by atoms with Crippen molar-refractivity contribution in [2.75, 3.05) is 4.72 Å². The van der Waals surface area contributed by atoms with Crippen LogP contribution in [0.25, 0.3) is 0 Å². The molecule has 0 aliphatic heterocycles. The molecule has 0 saturated heterocycles. The summed E-state index contributed by atoms with van der Waals surface area (Å²) in [7, 11) is -3.99. The number of rotatable bonds is 9. The Kier molecular flexibility index (Phi) is 7.87. The number of aromatic nitrogens is 1. The van der Waals surface area contributed by atoms with Crippen LogP contribution in [-0.4, -0.2) is 31.1 Å². The average Bonchev–Trinajstić information content (AvgIpc) is 2.69. The molecule has 0 aliphatic rings. The molecule has 0 spiro atoms. The van der Waals surface area contributed by atoms with Gasteiger partial charge in [-0.3, -0.25) is 14.3 Å². The number of sulfonamides is 1. The summed E-state index contributed by atoms with van der Waals surface area (Å²) in [5.41, 5.74) is 10.8. The van der Waals surface area contributed by atoms with Gasteiger partial charge in [0.05, 0.1) is 4.90 Å². The molecule has 0 fully saturated rings. The molecule has 32 heavy (non-hydrogen) atoms. The first-order chi connectivity index (χ1) is 14.9. The predicted molar refractivity (Wildman–Crippen MR) is 121 cm³/mol. The number of amides is 1. The second kappa shape index (κ2) is 10.2. The lowest BCUT2D eigenvalue weighted by Crippen LogP contribution is -2.40. The Morgan fingerprint density at radius 3 is 2.47 bits per heavy atom. The van der Waals surface area contributed by atoms with E-state index in [4.69, 9.17) is 16.3 Å². The lowest BCUT2D eigenvalue weighted by Gasteiger charge is -2.18. The fourth-order valence-electron chi connectivity index (χ4n) is 2.91. The number of anilines is 1. The van der Waals surface area contributed by atoms with Gasteiger partial charge in [-0.15, -0.1) is 0 Å². The summed E-state index contributed by atoms with van der Waals surface area (Å²) in [5, 5.41) is 5.85. The number of hydrogen-bond donors (Lipinski definition) is 4. The van der Waals surface area contributed by atoms with Crippen molar-refractivity contribution in [2.24, 2.45) is 16.6 Å². The molecule has 2 aromatic rings. The third kappa shape index (κ3) is 6.48. The first kappa shape index (κ1) is 24.7. The minimum Gasteiger partial charge on any atom is -0.368 e. The number of hydrogen-bond acceptors (Lipinski definition) is 6. The van der Waals surface area contributed by atoms with Crippen LogP contribution in [0.4, 0.5) is 5.69 Å². The molecule has 2 rings (SSSR count). The predicted octanol–water partition coefficient (Wildman–Crippen LogP) is 0.748. The van der Waals surface area contributed by atoms with Gasteiger partial charge >= 0.3 is 0 Å². The van der Waals surface area contributed by atoms with Crippen LogP contribution >= 0.6 is 0 Å². The summed E-state index contributed by atoms with van der Waals surface area (Å²) in [5.74, 6) is -0.961. The van der Waals surface area contributed by atoms with E-state index in [1.807, 2.05) is 13.8 Å². The van der Waals surface area contributed by atoms with Gasteiger partial charge in [-0.05, 0) is 54.8 Å². The van der Waals surface area contributed by atoms with E-state index in [0.29, 0.717) is 5.69 Å². The number of guanidine groups is 1. The van der Waals surface area contributed by atoms with Crippen molar-refractivity contribution < 1.29 is 18.0 Å². The number of aryl methyl sites for hydroxylation is 1. The third-order valence-corrected chi connectivity index (χ3v) is 5.69. The van der Waals surface area contributed by atoms with Crippen molar-refractivity contribution >= 4 is 27.6 Å². The van der Waals surface area contributed by atoms with Crippen LogP contribution in [0.5, 0.6) is 0 Å². The average molecular weight is 465 g/mol. The number of pyridine rings is 1. The molecule has 11 nitrogen and oxygen atoms in total. The molecule has 174 valence electrons. The van der Waals surface area contributed by atoms with Crippen LogP contribution in [0.2, 0.25) is 0 Å². The number of nitrogens with two attached hydrogens (primary N) is 2. The second-order valence-corrected chi connectivity index (χ2v) is 9.15. The topological polar surface area (TPSA) is 171 Å². The molecule has 0 bridgehead atoms. The number of carbonyl (C=O) groups is 1. The molecular formula is C20H28N6O5S. The van der Waals surface area contributed by atoms with Crippen molar-refractivity contribution in [2.45, 2.75) is 51.3 Å². The molecule has 1 unspecified atom stereocenters. The summed E-state index contributed by atoms with van der Waals surface area (Å²) in [6, 6.07) is 9.30. The monoisotopic (exact) mass is 464 g/mol. The van der Waals surface area contributed by atoms with Gasteiger partial charge in [-0.1, -0.05) is 26.0 Å². The van der Waals surface area contributed by atoms with Gasteiger partial charge in [0.15, 0.2) is 6.23 Å². The summed E-state index contributed by atoms with van der Waals surface area (Å²) < 4.78 is 29.0. The largest absolute Gasteiger partial charge is 0.368 e. The lowest BCUT2D eigenvalue weighted by atomic mass is 10.1. The smallest absolute Gasteiger partial charge is 0.275 e. The quantitative estimate of drug-likeness (QED) is 0.183. The summed E-state index contributed by atoms with van der Waals surface area (Å²) in [6.45, 7) is 6.61. The molecule has 6 N–H and O–H groups in total. The van der Waals surface area contributed by atoms with E-state index in [1.165, 1.54) is 29.7 Å². The van der Waals surface area contributed by atoms with Crippen LogP contribution in [-0.2, 0) is 26.2 Å². The number of benzene rings is 1. The Morgan fingerprint density at radius 2 is 1.88 bits per heavy atom. The number of nitrogens with zero attached hydrogens (tertiary/aromatic N) is 2. The normalized spacial score (nSPS) is 12.2. The first-order valence-corrected chi connectivity index (χ1v) is 11.3. The summed E-state index contributed by atoms with van der Waals surface area (Å²) in [4.78, 5) is 30.4. The molecule has 1 heterocycles. The van der Waals surface area contributed by atoms with Crippen molar-refractivity contribution in [3.05, 3.63) is 58.0 Å². The zero-order chi connectivity index (χ0) is 24.1. The molecule has 1 aromatic carbocycles. The van der Waals surface area contributed by atoms with E-state index < -0.39 is 27.7 Å². The fraction of sp³-hybridized carbons (Fsp3) is 0.350. The molecule has 12 heteroatoms.